The molecule has 2 atom stereocenters. The van der Waals surface area contributed by atoms with E-state index in [0.29, 0.717) is 27.9 Å². The number of ether oxygens (including phenoxy) is 2. The van der Waals surface area contributed by atoms with Crippen LogP contribution >= 0.6 is 11.6 Å². The van der Waals surface area contributed by atoms with Crippen molar-refractivity contribution >= 4 is 40.9 Å². The van der Waals surface area contributed by atoms with E-state index in [9.17, 15) is 14.4 Å². The molecule has 0 bridgehead atoms. The van der Waals surface area contributed by atoms with Crippen LogP contribution in [0.3, 0.4) is 0 Å². The third kappa shape index (κ3) is 7.30. The van der Waals surface area contributed by atoms with Crippen LogP contribution in [0, 0.1) is 0 Å². The SMILES string of the molecule is COc1cc(CC(=O)N2C(c3ccccc3)CC[C@H]2COc2ccc(C(=O)O)cc2)ccc1NC(=O)Nc1ccccc1Cl. The summed E-state index contributed by atoms with van der Waals surface area (Å²) in [4.78, 5) is 39.6. The molecule has 4 aromatic rings. The number of carbonyl (C=O) groups is 3. The number of carboxylic acid groups (broad SMARTS) is 1. The van der Waals surface area contributed by atoms with Crippen LogP contribution in [0.1, 0.15) is 40.4 Å². The van der Waals surface area contributed by atoms with Gasteiger partial charge >= 0.3 is 12.0 Å². The summed E-state index contributed by atoms with van der Waals surface area (Å²) >= 11 is 6.15. The molecule has 44 heavy (non-hydrogen) atoms. The lowest BCUT2D eigenvalue weighted by molar-refractivity contribution is -0.134. The summed E-state index contributed by atoms with van der Waals surface area (Å²) in [5.41, 5.74) is 2.87. The highest BCUT2D eigenvalue weighted by Gasteiger charge is 2.38. The number of rotatable bonds is 10. The molecule has 5 rings (SSSR count). The summed E-state index contributed by atoms with van der Waals surface area (Å²) in [5, 5.41) is 15.1. The number of halogens is 1. The summed E-state index contributed by atoms with van der Waals surface area (Å²) in [6.45, 7) is 0.272. The van der Waals surface area contributed by atoms with Crippen molar-refractivity contribution in [3.8, 4) is 11.5 Å². The van der Waals surface area contributed by atoms with Crippen molar-refractivity contribution in [2.24, 2.45) is 0 Å². The zero-order chi connectivity index (χ0) is 31.1. The number of amides is 3. The standard InChI is InChI=1S/C34H32ClN3O6/c1-43-31-19-22(11-17-29(31)37-34(42)36-28-10-6-5-9-27(28)35)20-32(39)38-25(14-18-30(38)23-7-3-2-4-8-23)21-44-26-15-12-24(13-16-26)33(40)41/h2-13,15-17,19,25,30H,14,18,20-21H2,1H3,(H,40,41)(H2,36,37,42)/t25-,30?/m0/s1. The number of nitrogens with zero attached hydrogens (tertiary/aromatic N) is 1. The lowest BCUT2D eigenvalue weighted by Gasteiger charge is -2.31. The fourth-order valence-corrected chi connectivity index (χ4v) is 5.55. The van der Waals surface area contributed by atoms with E-state index in [1.807, 2.05) is 35.2 Å². The average molecular weight is 614 g/mol. The first-order chi connectivity index (χ1) is 21.3. The minimum Gasteiger partial charge on any atom is -0.495 e. The fraction of sp³-hybridized carbons (Fsp3) is 0.206. The Morgan fingerprint density at radius 3 is 2.30 bits per heavy atom. The van der Waals surface area contributed by atoms with E-state index >= 15 is 0 Å². The first-order valence-corrected chi connectivity index (χ1v) is 14.5. The second-order valence-corrected chi connectivity index (χ2v) is 10.8. The Kier molecular flexibility index (Phi) is 9.66. The first-order valence-electron chi connectivity index (χ1n) is 14.1. The molecular formula is C34H32ClN3O6. The molecule has 1 aliphatic rings. The Hall–Kier alpha value is -5.02. The van der Waals surface area contributed by atoms with Crippen molar-refractivity contribution in [3.63, 3.8) is 0 Å². The molecule has 0 aromatic heterocycles. The number of anilines is 2. The van der Waals surface area contributed by atoms with Gasteiger partial charge in [-0.2, -0.15) is 0 Å². The van der Waals surface area contributed by atoms with Crippen LogP contribution < -0.4 is 20.1 Å². The average Bonchev–Trinajstić information content (AvgIpc) is 3.46. The van der Waals surface area contributed by atoms with E-state index < -0.39 is 12.0 Å². The van der Waals surface area contributed by atoms with Crippen LogP contribution in [0.2, 0.25) is 5.02 Å². The lowest BCUT2D eigenvalue weighted by atomic mass is 10.0. The number of likely N-dealkylation sites (tertiary alicyclic amines) is 1. The number of carbonyl (C=O) groups excluding carboxylic acids is 2. The molecule has 0 spiro atoms. The molecule has 1 aliphatic heterocycles. The van der Waals surface area contributed by atoms with E-state index in [1.54, 1.807) is 54.6 Å². The number of methoxy groups -OCH3 is 1. The van der Waals surface area contributed by atoms with Crippen molar-refractivity contribution in [2.45, 2.75) is 31.3 Å². The van der Waals surface area contributed by atoms with E-state index in [0.717, 1.165) is 24.0 Å². The molecule has 9 nitrogen and oxygen atoms in total. The number of benzene rings is 4. The van der Waals surface area contributed by atoms with Gasteiger partial charge in [0.2, 0.25) is 5.91 Å². The number of aromatic carboxylic acids is 1. The zero-order valence-electron chi connectivity index (χ0n) is 24.0. The van der Waals surface area contributed by atoms with Crippen molar-refractivity contribution in [2.75, 3.05) is 24.4 Å². The molecule has 3 amide bonds. The van der Waals surface area contributed by atoms with Crippen LogP contribution in [-0.2, 0) is 11.2 Å². The molecule has 1 unspecified atom stereocenters. The van der Waals surface area contributed by atoms with Gasteiger partial charge in [0.25, 0.3) is 0 Å². The highest BCUT2D eigenvalue weighted by atomic mass is 35.5. The molecule has 4 aromatic carbocycles. The Labute approximate surface area is 260 Å². The highest BCUT2D eigenvalue weighted by molar-refractivity contribution is 6.33. The Morgan fingerprint density at radius 1 is 0.886 bits per heavy atom. The Balaban J connectivity index is 1.30. The van der Waals surface area contributed by atoms with Gasteiger partial charge in [0.05, 0.1) is 47.6 Å². The van der Waals surface area contributed by atoms with Gasteiger partial charge in [-0.15, -0.1) is 0 Å². The molecule has 3 N–H and O–H groups in total. The number of nitrogens with one attached hydrogen (secondary N) is 2. The molecule has 1 heterocycles. The van der Waals surface area contributed by atoms with Crippen LogP contribution in [0.5, 0.6) is 11.5 Å². The maximum Gasteiger partial charge on any atom is 0.335 e. The molecular weight excluding hydrogens is 582 g/mol. The molecule has 1 fully saturated rings. The lowest BCUT2D eigenvalue weighted by Crippen LogP contribution is -2.41. The second-order valence-electron chi connectivity index (χ2n) is 10.4. The van der Waals surface area contributed by atoms with Crippen molar-refractivity contribution in [1.82, 2.24) is 4.90 Å². The minimum atomic E-state index is -1.00. The second kappa shape index (κ2) is 14.0. The first kappa shape index (κ1) is 30.4. The van der Waals surface area contributed by atoms with Gasteiger partial charge in [-0.1, -0.05) is 60.1 Å². The van der Waals surface area contributed by atoms with E-state index in [4.69, 9.17) is 26.2 Å². The van der Waals surface area contributed by atoms with Gasteiger partial charge < -0.3 is 30.1 Å². The fourth-order valence-electron chi connectivity index (χ4n) is 5.37. The van der Waals surface area contributed by atoms with E-state index in [-0.39, 0.29) is 36.6 Å². The summed E-state index contributed by atoms with van der Waals surface area (Å²) in [6.07, 6.45) is 1.66. The zero-order valence-corrected chi connectivity index (χ0v) is 24.8. The smallest absolute Gasteiger partial charge is 0.335 e. The van der Waals surface area contributed by atoms with Gasteiger partial charge in [0.1, 0.15) is 18.1 Å². The predicted molar refractivity (Wildman–Crippen MR) is 169 cm³/mol. The highest BCUT2D eigenvalue weighted by Crippen LogP contribution is 2.37. The summed E-state index contributed by atoms with van der Waals surface area (Å²) in [7, 11) is 1.50. The minimum absolute atomic E-state index is 0.0644. The number of hydrogen-bond acceptors (Lipinski definition) is 5. The van der Waals surface area contributed by atoms with Gasteiger partial charge in [-0.3, -0.25) is 4.79 Å². The number of hydrogen-bond donors (Lipinski definition) is 3. The van der Waals surface area contributed by atoms with Crippen molar-refractivity contribution in [1.29, 1.82) is 0 Å². The molecule has 0 saturated carbocycles. The number of para-hydroxylation sites is 1. The van der Waals surface area contributed by atoms with Crippen molar-refractivity contribution < 1.29 is 29.0 Å². The van der Waals surface area contributed by atoms with Gasteiger partial charge in [0.15, 0.2) is 0 Å². The Morgan fingerprint density at radius 2 is 1.59 bits per heavy atom. The summed E-state index contributed by atoms with van der Waals surface area (Å²) in [6, 6.07) is 27.5. The largest absolute Gasteiger partial charge is 0.495 e. The normalized spacial score (nSPS) is 15.8. The topological polar surface area (TPSA) is 117 Å². The molecule has 1 saturated heterocycles. The predicted octanol–water partition coefficient (Wildman–Crippen LogP) is 7.04. The van der Waals surface area contributed by atoms with Crippen LogP contribution in [0.15, 0.2) is 97.1 Å². The maximum atomic E-state index is 13.9. The van der Waals surface area contributed by atoms with E-state index in [1.165, 1.54) is 19.2 Å². The van der Waals surface area contributed by atoms with E-state index in [2.05, 4.69) is 10.6 Å². The van der Waals surface area contributed by atoms with Crippen LogP contribution in [-0.4, -0.2) is 47.7 Å². The van der Waals surface area contributed by atoms with Gasteiger partial charge in [0, 0.05) is 0 Å². The van der Waals surface area contributed by atoms with Crippen LogP contribution in [0.25, 0.3) is 0 Å². The number of urea groups is 1. The molecule has 10 heteroatoms. The quantitative estimate of drug-likeness (QED) is 0.177. The summed E-state index contributed by atoms with van der Waals surface area (Å²) < 4.78 is 11.6. The molecule has 0 aliphatic carbocycles. The summed E-state index contributed by atoms with van der Waals surface area (Å²) in [5.74, 6) is -0.117. The third-order valence-corrected chi connectivity index (χ3v) is 7.84. The molecule has 226 valence electrons. The van der Waals surface area contributed by atoms with Gasteiger partial charge in [-0.05, 0) is 72.5 Å². The molecule has 0 radical (unpaired) electrons. The number of carboxylic acids is 1. The third-order valence-electron chi connectivity index (χ3n) is 7.51. The van der Waals surface area contributed by atoms with Gasteiger partial charge in [-0.25, -0.2) is 9.59 Å². The van der Waals surface area contributed by atoms with Crippen LogP contribution in [0.4, 0.5) is 16.2 Å². The monoisotopic (exact) mass is 613 g/mol. The Bertz CT molecular complexity index is 1630. The van der Waals surface area contributed by atoms with Crippen molar-refractivity contribution in [3.05, 3.63) is 119 Å². The maximum absolute atomic E-state index is 13.9.